The van der Waals surface area contributed by atoms with Gasteiger partial charge in [0.1, 0.15) is 11.8 Å². The number of aliphatic hydroxyl groups is 1. The van der Waals surface area contributed by atoms with Gasteiger partial charge < -0.3 is 20.9 Å². The summed E-state index contributed by atoms with van der Waals surface area (Å²) >= 11 is 0. The van der Waals surface area contributed by atoms with E-state index in [9.17, 15) is 9.50 Å². The van der Waals surface area contributed by atoms with Crippen molar-refractivity contribution in [2.24, 2.45) is 5.73 Å². The number of hydrogen-bond donors (Lipinski definition) is 3. The number of nitrogens with two attached hydrogens (primary N) is 1. The van der Waals surface area contributed by atoms with Gasteiger partial charge in [-0.05, 0) is 30.2 Å². The van der Waals surface area contributed by atoms with Crippen molar-refractivity contribution in [1.82, 2.24) is 19.5 Å². The Hall–Kier alpha value is -2.75. The van der Waals surface area contributed by atoms with Crippen LogP contribution in [0.4, 0.5) is 15.9 Å². The van der Waals surface area contributed by atoms with Crippen LogP contribution in [0.3, 0.4) is 0 Å². The minimum atomic E-state index is -0.525. The average molecular weight is 386 g/mol. The number of hydrogen-bond acceptors (Lipinski definition) is 7. The van der Waals surface area contributed by atoms with E-state index >= 15 is 0 Å². The zero-order valence-corrected chi connectivity index (χ0v) is 15.5. The highest BCUT2D eigenvalue weighted by Gasteiger charge is 2.25. The Morgan fingerprint density at radius 2 is 2.25 bits per heavy atom. The maximum absolute atomic E-state index is 13.7. The molecule has 1 aliphatic rings. The molecule has 1 aromatic carbocycles. The van der Waals surface area contributed by atoms with Crippen molar-refractivity contribution in [3.05, 3.63) is 48.2 Å². The molecule has 0 radical (unpaired) electrons. The van der Waals surface area contributed by atoms with E-state index < -0.39 is 11.9 Å². The first-order valence-corrected chi connectivity index (χ1v) is 9.13. The lowest BCUT2D eigenvalue weighted by Gasteiger charge is -2.33. The molecule has 9 heteroatoms. The lowest BCUT2D eigenvalue weighted by Crippen LogP contribution is -2.50. The Kier molecular flexibility index (Phi) is 5.12. The molecule has 0 bridgehead atoms. The smallest absolute Gasteiger partial charge is 0.165 e. The second kappa shape index (κ2) is 7.70. The number of fused-ring (bicyclic) bond motifs is 1. The number of aliphatic hydroxyl groups excluding tert-OH is 1. The summed E-state index contributed by atoms with van der Waals surface area (Å²) in [6, 6.07) is 6.37. The van der Waals surface area contributed by atoms with Crippen molar-refractivity contribution in [3.63, 3.8) is 0 Å². The van der Waals surface area contributed by atoms with Crippen LogP contribution in [-0.2, 0) is 6.54 Å². The number of β-amino-alcohol motifs (C(OH)–C–C–N with tert-alkyl or cyclic N) is 1. The first-order valence-electron chi connectivity index (χ1n) is 9.13. The van der Waals surface area contributed by atoms with E-state index in [1.165, 1.54) is 19.5 Å². The number of methoxy groups -OCH3 is 1. The van der Waals surface area contributed by atoms with Crippen LogP contribution in [0.15, 0.2) is 36.8 Å². The van der Waals surface area contributed by atoms with Crippen molar-refractivity contribution in [1.29, 1.82) is 0 Å². The molecule has 0 spiro atoms. The van der Waals surface area contributed by atoms with Gasteiger partial charge in [0.2, 0.25) is 0 Å². The summed E-state index contributed by atoms with van der Waals surface area (Å²) in [5, 5.41) is 17.5. The SMILES string of the molecule is COc1cc(Nc2ncnn3ccc(CN4CC[C@@H](N)[C@@H](O)C4)c23)ccc1F. The Morgan fingerprint density at radius 3 is 3.04 bits per heavy atom. The fourth-order valence-corrected chi connectivity index (χ4v) is 3.51. The Balaban J connectivity index is 1.62. The van der Waals surface area contributed by atoms with E-state index in [-0.39, 0.29) is 11.8 Å². The molecule has 1 aliphatic heterocycles. The summed E-state index contributed by atoms with van der Waals surface area (Å²) in [6.07, 6.45) is 3.56. The monoisotopic (exact) mass is 386 g/mol. The van der Waals surface area contributed by atoms with Crippen LogP contribution in [0.5, 0.6) is 5.75 Å². The molecular weight excluding hydrogens is 363 g/mol. The minimum absolute atomic E-state index is 0.157. The van der Waals surface area contributed by atoms with Crippen LogP contribution < -0.4 is 15.8 Å². The molecule has 2 aromatic heterocycles. The van der Waals surface area contributed by atoms with Gasteiger partial charge in [-0.25, -0.2) is 13.9 Å². The molecule has 0 unspecified atom stereocenters. The third-order valence-corrected chi connectivity index (χ3v) is 5.06. The van der Waals surface area contributed by atoms with E-state index in [2.05, 4.69) is 20.3 Å². The Labute approximate surface area is 161 Å². The molecule has 3 heterocycles. The van der Waals surface area contributed by atoms with Crippen molar-refractivity contribution in [2.75, 3.05) is 25.5 Å². The van der Waals surface area contributed by atoms with Crippen LogP contribution >= 0.6 is 0 Å². The van der Waals surface area contributed by atoms with E-state index in [1.54, 1.807) is 16.6 Å². The number of nitrogens with one attached hydrogen (secondary N) is 1. The largest absolute Gasteiger partial charge is 0.494 e. The Morgan fingerprint density at radius 1 is 1.39 bits per heavy atom. The number of anilines is 2. The second-order valence-corrected chi connectivity index (χ2v) is 6.97. The maximum atomic E-state index is 13.7. The molecule has 3 aromatic rings. The Bertz CT molecular complexity index is 978. The maximum Gasteiger partial charge on any atom is 0.165 e. The first-order chi connectivity index (χ1) is 13.5. The molecule has 0 aliphatic carbocycles. The van der Waals surface area contributed by atoms with Crippen molar-refractivity contribution < 1.29 is 14.2 Å². The summed E-state index contributed by atoms with van der Waals surface area (Å²) in [6.45, 7) is 2.00. The van der Waals surface area contributed by atoms with E-state index in [4.69, 9.17) is 10.5 Å². The highest BCUT2D eigenvalue weighted by Crippen LogP contribution is 2.27. The highest BCUT2D eigenvalue weighted by atomic mass is 19.1. The van der Waals surface area contributed by atoms with Crippen LogP contribution in [-0.4, -0.2) is 56.9 Å². The van der Waals surface area contributed by atoms with Crippen LogP contribution in [0, 0.1) is 5.82 Å². The molecule has 148 valence electrons. The number of aromatic nitrogens is 3. The minimum Gasteiger partial charge on any atom is -0.494 e. The van der Waals surface area contributed by atoms with Gasteiger partial charge in [0, 0.05) is 43.6 Å². The predicted octanol–water partition coefficient (Wildman–Crippen LogP) is 1.51. The first kappa shape index (κ1) is 18.6. The molecular formula is C19H23FN6O2. The molecule has 1 saturated heterocycles. The van der Waals surface area contributed by atoms with Crippen molar-refractivity contribution >= 4 is 17.0 Å². The van der Waals surface area contributed by atoms with Gasteiger partial charge in [-0.15, -0.1) is 0 Å². The molecule has 4 rings (SSSR count). The van der Waals surface area contributed by atoms with Gasteiger partial charge in [0.25, 0.3) is 0 Å². The zero-order valence-electron chi connectivity index (χ0n) is 15.5. The van der Waals surface area contributed by atoms with Gasteiger partial charge in [0.05, 0.1) is 13.2 Å². The van der Waals surface area contributed by atoms with Crippen LogP contribution in [0.25, 0.3) is 5.52 Å². The fraction of sp³-hybridized carbons (Fsp3) is 0.368. The number of ether oxygens (including phenoxy) is 1. The number of halogens is 1. The van der Waals surface area contributed by atoms with Gasteiger partial charge in [-0.1, -0.05) is 0 Å². The molecule has 1 fully saturated rings. The van der Waals surface area contributed by atoms with E-state index in [1.807, 2.05) is 12.3 Å². The number of likely N-dealkylation sites (tertiary alicyclic amines) is 1. The summed E-state index contributed by atoms with van der Waals surface area (Å²) in [5.41, 5.74) is 8.42. The lowest BCUT2D eigenvalue weighted by molar-refractivity contribution is 0.0501. The topological polar surface area (TPSA) is 101 Å². The van der Waals surface area contributed by atoms with Crippen LogP contribution in [0.1, 0.15) is 12.0 Å². The fourth-order valence-electron chi connectivity index (χ4n) is 3.51. The van der Waals surface area contributed by atoms with Gasteiger partial charge in [-0.3, -0.25) is 4.90 Å². The normalized spacial score (nSPS) is 20.4. The third kappa shape index (κ3) is 3.64. The number of nitrogens with zero attached hydrogens (tertiary/aromatic N) is 4. The summed E-state index contributed by atoms with van der Waals surface area (Å²) < 4.78 is 20.5. The average Bonchev–Trinajstić information content (AvgIpc) is 3.10. The van der Waals surface area contributed by atoms with Gasteiger partial charge >= 0.3 is 0 Å². The standard InChI is InChI=1S/C19H23FN6O2/c1-28-17-8-13(2-3-14(17)20)24-19-18-12(4-7-26(18)23-11-22-19)9-25-6-5-15(21)16(27)10-25/h2-4,7-8,11,15-16,27H,5-6,9-10,21H2,1H3,(H,22,23,24)/t15-,16+/m1/s1. The molecule has 8 nitrogen and oxygen atoms in total. The quantitative estimate of drug-likeness (QED) is 0.611. The summed E-state index contributed by atoms with van der Waals surface area (Å²) in [5.74, 6) is 0.341. The van der Waals surface area contributed by atoms with Crippen molar-refractivity contribution in [2.45, 2.75) is 25.1 Å². The van der Waals surface area contributed by atoms with Gasteiger partial charge in [0.15, 0.2) is 17.4 Å². The molecule has 4 N–H and O–H groups in total. The lowest BCUT2D eigenvalue weighted by atomic mass is 10.0. The third-order valence-electron chi connectivity index (χ3n) is 5.06. The van der Waals surface area contributed by atoms with E-state index in [0.717, 1.165) is 24.0 Å². The number of benzene rings is 1. The molecule has 28 heavy (non-hydrogen) atoms. The second-order valence-electron chi connectivity index (χ2n) is 6.97. The summed E-state index contributed by atoms with van der Waals surface area (Å²) in [4.78, 5) is 6.54. The summed E-state index contributed by atoms with van der Waals surface area (Å²) in [7, 11) is 1.43. The van der Waals surface area contributed by atoms with Gasteiger partial charge in [-0.2, -0.15) is 5.10 Å². The molecule has 0 saturated carbocycles. The zero-order chi connectivity index (χ0) is 19.7. The van der Waals surface area contributed by atoms with Crippen LogP contribution in [0.2, 0.25) is 0 Å². The number of piperidine rings is 1. The van der Waals surface area contributed by atoms with Crippen molar-refractivity contribution in [3.8, 4) is 5.75 Å². The molecule has 2 atom stereocenters. The highest BCUT2D eigenvalue weighted by molar-refractivity contribution is 5.76. The predicted molar refractivity (Wildman–Crippen MR) is 103 cm³/mol. The van der Waals surface area contributed by atoms with E-state index in [0.29, 0.717) is 24.6 Å². The molecule has 0 amide bonds. The number of rotatable bonds is 5.